The standard InChI is InChI=1S/2C7H9.C3H7.CH3.2ClH.H2Si.Zr/c2*1-6-3-4-7(2)5-6;1-3-2;;;;;/h2*3-4,6H,1-2H3;1,3H2,2H3;1H3;2*1H;1H2;. The fourth-order valence-corrected chi connectivity index (χ4v) is 32.9. The van der Waals surface area contributed by atoms with Gasteiger partial charge in [0.2, 0.25) is 0 Å². The Balaban J connectivity index is 0.00000220. The van der Waals surface area contributed by atoms with Crippen molar-refractivity contribution in [1.29, 1.82) is 0 Å². The Morgan fingerprint density at radius 1 is 0.955 bits per heavy atom. The van der Waals surface area contributed by atoms with E-state index >= 15 is 0 Å². The first-order valence-electron chi connectivity index (χ1n) is 8.06. The second-order valence-electron chi connectivity index (χ2n) is 7.53. The number of halogens is 2. The van der Waals surface area contributed by atoms with Crippen LogP contribution >= 0.6 is 24.8 Å². The van der Waals surface area contributed by atoms with E-state index in [1.54, 1.807) is 11.1 Å². The van der Waals surface area contributed by atoms with Crippen LogP contribution in [0.2, 0.25) is 8.76 Å². The molecule has 0 amide bonds. The molecule has 0 aromatic rings. The smallest absolute Gasteiger partial charge is 0.147 e. The Bertz CT molecular complexity index is 579. The van der Waals surface area contributed by atoms with E-state index in [9.17, 15) is 0 Å². The molecule has 126 valence electrons. The molecule has 0 N–H and O–H groups in total. The Labute approximate surface area is 151 Å². The zero-order valence-electron chi connectivity index (χ0n) is 14.9. The first kappa shape index (κ1) is 22.6. The van der Waals surface area contributed by atoms with Gasteiger partial charge in [-0.15, -0.1) is 24.8 Å². The molecule has 2 aliphatic rings. The fourth-order valence-electron chi connectivity index (χ4n) is 5.23. The SMILES string of the molecule is CC[CH2][Zr]([CH3])(=[SiH2])([C]1=C(C)C=CC1C)[C]1=C(C)C=CC1C.Cl.Cl. The molecule has 4 heteroatoms. The van der Waals surface area contributed by atoms with Crippen molar-refractivity contribution in [3.05, 3.63) is 42.0 Å². The molecule has 0 nitrogen and oxygen atoms in total. The largest absolute Gasteiger partial charge is 0.147 e. The molecule has 0 heterocycles. The van der Waals surface area contributed by atoms with Crippen LogP contribution in [-0.4, -0.2) is 6.88 Å². The molecule has 2 unspecified atom stereocenters. The first-order valence-corrected chi connectivity index (χ1v) is 20.6. The van der Waals surface area contributed by atoms with Gasteiger partial charge in [0.15, 0.2) is 0 Å². The summed E-state index contributed by atoms with van der Waals surface area (Å²) in [6, 6.07) is 0. The molecule has 0 saturated heterocycles. The molecule has 0 fully saturated rings. The first-order chi connectivity index (χ1) is 9.21. The van der Waals surface area contributed by atoms with Crippen LogP contribution in [0.1, 0.15) is 41.0 Å². The summed E-state index contributed by atoms with van der Waals surface area (Å²) in [5.74, 6) is 1.31. The van der Waals surface area contributed by atoms with Crippen LogP contribution in [0.3, 0.4) is 0 Å². The van der Waals surface area contributed by atoms with Crippen LogP contribution in [0, 0.1) is 11.8 Å². The fraction of sp³-hybridized carbons (Fsp3) is 0.556. The van der Waals surface area contributed by atoms with Crippen molar-refractivity contribution < 1.29 is 17.4 Å². The summed E-state index contributed by atoms with van der Waals surface area (Å²) in [4.78, 5) is 0. The van der Waals surface area contributed by atoms with Crippen LogP contribution in [0.5, 0.6) is 0 Å². The quantitative estimate of drug-likeness (QED) is 0.479. The van der Waals surface area contributed by atoms with Gasteiger partial charge in [0.25, 0.3) is 0 Å². The van der Waals surface area contributed by atoms with E-state index in [1.165, 1.54) is 10.5 Å². The van der Waals surface area contributed by atoms with E-state index in [2.05, 4.69) is 70.4 Å². The summed E-state index contributed by atoms with van der Waals surface area (Å²) in [5.41, 5.74) is 3.15. The number of rotatable bonds is 4. The number of allylic oxidation sites excluding steroid dienone is 8. The predicted molar refractivity (Wildman–Crippen MR) is 106 cm³/mol. The molecule has 0 saturated carbocycles. The molecule has 22 heavy (non-hydrogen) atoms. The second kappa shape index (κ2) is 7.68. The molecule has 2 aliphatic carbocycles. The van der Waals surface area contributed by atoms with E-state index in [1.807, 2.05) is 6.56 Å². The number of hydrogen-bond acceptors (Lipinski definition) is 0. The minimum atomic E-state index is -3.03. The number of hydrogen-bond donors (Lipinski definition) is 0. The molecule has 0 bridgehead atoms. The molecule has 0 aromatic heterocycles. The third-order valence-corrected chi connectivity index (χ3v) is 28.6. The van der Waals surface area contributed by atoms with Crippen LogP contribution in [0.4, 0.5) is 0 Å². The molecule has 0 spiro atoms. The predicted octanol–water partition coefficient (Wildman–Crippen LogP) is 5.90. The summed E-state index contributed by atoms with van der Waals surface area (Å²) >= 11 is -3.03. The van der Waals surface area contributed by atoms with Gasteiger partial charge >= 0.3 is 128 Å². The van der Waals surface area contributed by atoms with E-state index in [-0.39, 0.29) is 24.8 Å². The van der Waals surface area contributed by atoms with Gasteiger partial charge in [-0.1, -0.05) is 0 Å². The van der Waals surface area contributed by atoms with Crippen LogP contribution in [0.15, 0.2) is 42.0 Å². The van der Waals surface area contributed by atoms with Gasteiger partial charge in [-0.3, -0.25) is 0 Å². The summed E-state index contributed by atoms with van der Waals surface area (Å²) < 4.78 is 7.87. The van der Waals surface area contributed by atoms with Gasteiger partial charge in [0.1, 0.15) is 0 Å². The summed E-state index contributed by atoms with van der Waals surface area (Å²) in [6.07, 6.45) is 10.9. The van der Waals surface area contributed by atoms with E-state index in [0.29, 0.717) is 11.8 Å². The van der Waals surface area contributed by atoms with Gasteiger partial charge in [-0.2, -0.15) is 0 Å². The Morgan fingerprint density at radius 3 is 1.55 bits per heavy atom. The maximum absolute atomic E-state index is 3.03. The Hall–Kier alpha value is 0.640. The van der Waals surface area contributed by atoms with Crippen LogP contribution in [-0.2, 0) is 17.4 Å². The minimum Gasteiger partial charge on any atom is -0.147 e. The molecule has 0 aliphatic heterocycles. The summed E-state index contributed by atoms with van der Waals surface area (Å²) in [5, 5.41) is 0. The molecular formula is C18H32Cl2SiZr. The van der Waals surface area contributed by atoms with Gasteiger partial charge in [0.05, 0.1) is 0 Å². The van der Waals surface area contributed by atoms with Crippen molar-refractivity contribution in [3.8, 4) is 0 Å². The van der Waals surface area contributed by atoms with Crippen molar-refractivity contribution >= 4 is 31.7 Å². The monoisotopic (exact) mass is 436 g/mol. The van der Waals surface area contributed by atoms with Crippen molar-refractivity contribution in [2.75, 3.05) is 0 Å². The molecule has 0 radical (unpaired) electrons. The second-order valence-corrected chi connectivity index (χ2v) is 34.0. The maximum Gasteiger partial charge on any atom is -0.147 e. The van der Waals surface area contributed by atoms with Crippen LogP contribution < -0.4 is 0 Å². The minimum absolute atomic E-state index is 0. The average molecular weight is 439 g/mol. The third kappa shape index (κ3) is 3.51. The van der Waals surface area contributed by atoms with Gasteiger partial charge in [-0.25, -0.2) is 0 Å². The zero-order valence-corrected chi connectivity index (χ0v) is 20.4. The van der Waals surface area contributed by atoms with Gasteiger partial charge in [0, 0.05) is 0 Å². The summed E-state index contributed by atoms with van der Waals surface area (Å²) in [7, 11) is 0. The van der Waals surface area contributed by atoms with Crippen LogP contribution in [0.25, 0.3) is 0 Å². The van der Waals surface area contributed by atoms with Crippen molar-refractivity contribution in [2.24, 2.45) is 11.8 Å². The van der Waals surface area contributed by atoms with E-state index < -0.39 is 17.4 Å². The third-order valence-electron chi connectivity index (χ3n) is 5.53. The van der Waals surface area contributed by atoms with E-state index in [4.69, 9.17) is 0 Å². The van der Waals surface area contributed by atoms with Crippen molar-refractivity contribution in [3.63, 3.8) is 0 Å². The Morgan fingerprint density at radius 2 is 1.32 bits per heavy atom. The molecule has 0 aromatic carbocycles. The molecule has 2 rings (SSSR count). The van der Waals surface area contributed by atoms with E-state index in [0.717, 1.165) is 0 Å². The molecule has 2 atom stereocenters. The maximum atomic E-state index is 2.72. The van der Waals surface area contributed by atoms with Crippen molar-refractivity contribution in [2.45, 2.75) is 49.8 Å². The van der Waals surface area contributed by atoms with Gasteiger partial charge in [-0.05, 0) is 0 Å². The average Bonchev–Trinajstić information content (AvgIpc) is 2.83. The summed E-state index contributed by atoms with van der Waals surface area (Å²) in [6.45, 7) is 14.3. The molecular weight excluding hydrogens is 406 g/mol. The normalized spacial score (nSPS) is 24.7. The van der Waals surface area contributed by atoms with Crippen molar-refractivity contribution in [1.82, 2.24) is 0 Å². The topological polar surface area (TPSA) is 0 Å². The zero-order chi connectivity index (χ0) is 15.2. The van der Waals surface area contributed by atoms with Gasteiger partial charge < -0.3 is 0 Å². The Kier molecular flexibility index (Phi) is 7.91.